The predicted molar refractivity (Wildman–Crippen MR) is 126 cm³/mol. The Bertz CT molecular complexity index is 966. The Kier molecular flexibility index (Phi) is 6.48. The van der Waals surface area contributed by atoms with E-state index in [0.717, 1.165) is 29.4 Å². The number of benzene rings is 2. The number of thiazole rings is 1. The number of hydrogen-bond acceptors (Lipinski definition) is 3. The van der Waals surface area contributed by atoms with Gasteiger partial charge in [-0.2, -0.15) is 0 Å². The quantitative estimate of drug-likeness (QED) is 0.364. The van der Waals surface area contributed by atoms with Gasteiger partial charge >= 0.3 is 0 Å². The van der Waals surface area contributed by atoms with Crippen molar-refractivity contribution < 1.29 is 0 Å². The molecular formula is C24H26Cl2N2S. The van der Waals surface area contributed by atoms with Crippen molar-refractivity contribution in [1.82, 2.24) is 4.98 Å². The van der Waals surface area contributed by atoms with E-state index in [1.165, 1.54) is 29.7 Å². The van der Waals surface area contributed by atoms with Gasteiger partial charge in [-0.25, -0.2) is 4.98 Å². The second kappa shape index (κ2) is 9.07. The molecule has 0 bridgehead atoms. The van der Waals surface area contributed by atoms with E-state index in [1.807, 2.05) is 12.1 Å². The molecule has 1 aromatic heterocycles. The largest absolute Gasteiger partial charge is 0.341 e. The van der Waals surface area contributed by atoms with Crippen molar-refractivity contribution in [2.45, 2.75) is 45.6 Å². The molecule has 0 spiro atoms. The molecule has 29 heavy (non-hydrogen) atoms. The van der Waals surface area contributed by atoms with Gasteiger partial charge in [0.1, 0.15) is 0 Å². The zero-order valence-corrected chi connectivity index (χ0v) is 19.2. The van der Waals surface area contributed by atoms with Gasteiger partial charge in [0.05, 0.1) is 16.8 Å². The van der Waals surface area contributed by atoms with Crippen LogP contribution in [0, 0.1) is 12.8 Å². The molecule has 1 aliphatic rings. The maximum Gasteiger partial charge on any atom is 0.186 e. The maximum atomic E-state index is 6.49. The van der Waals surface area contributed by atoms with Gasteiger partial charge in [0.2, 0.25) is 0 Å². The Hall–Kier alpha value is -1.55. The van der Waals surface area contributed by atoms with Crippen LogP contribution >= 0.6 is 34.5 Å². The fourth-order valence-electron chi connectivity index (χ4n) is 4.14. The van der Waals surface area contributed by atoms with Crippen LogP contribution in [0.15, 0.2) is 48.5 Å². The summed E-state index contributed by atoms with van der Waals surface area (Å²) in [7, 11) is 0. The SMILES string of the molecule is CCCN(c1nc(-c2ccc(Cl)cc2Cl)c(C)s1)C(c1ccccc1)C1CCC1. The first-order valence-electron chi connectivity index (χ1n) is 10.3. The molecule has 0 radical (unpaired) electrons. The molecule has 0 amide bonds. The smallest absolute Gasteiger partial charge is 0.186 e. The molecule has 5 heteroatoms. The highest BCUT2D eigenvalue weighted by Gasteiger charge is 2.34. The van der Waals surface area contributed by atoms with E-state index in [2.05, 4.69) is 49.1 Å². The fourth-order valence-corrected chi connectivity index (χ4v) is 5.63. The van der Waals surface area contributed by atoms with Crippen molar-refractivity contribution in [2.24, 2.45) is 5.92 Å². The molecule has 1 atom stereocenters. The van der Waals surface area contributed by atoms with Crippen molar-refractivity contribution in [1.29, 1.82) is 0 Å². The molecule has 1 unspecified atom stereocenters. The summed E-state index contributed by atoms with van der Waals surface area (Å²) in [5.41, 5.74) is 3.31. The average Bonchev–Trinajstić information content (AvgIpc) is 3.05. The number of hydrogen-bond donors (Lipinski definition) is 0. The van der Waals surface area contributed by atoms with Crippen molar-refractivity contribution in [3.8, 4) is 11.3 Å². The summed E-state index contributed by atoms with van der Waals surface area (Å²) in [5, 5.41) is 2.39. The zero-order valence-electron chi connectivity index (χ0n) is 16.9. The van der Waals surface area contributed by atoms with E-state index >= 15 is 0 Å². The number of aryl methyl sites for hydroxylation is 1. The average molecular weight is 445 g/mol. The molecule has 0 saturated heterocycles. The molecule has 2 aromatic carbocycles. The van der Waals surface area contributed by atoms with Gasteiger partial charge in [-0.05, 0) is 55.9 Å². The number of aromatic nitrogens is 1. The number of anilines is 1. The third-order valence-corrected chi connectivity index (χ3v) is 7.31. The topological polar surface area (TPSA) is 16.1 Å². The van der Waals surface area contributed by atoms with Crippen LogP contribution in [-0.4, -0.2) is 11.5 Å². The summed E-state index contributed by atoms with van der Waals surface area (Å²) in [6.45, 7) is 5.37. The molecule has 0 aliphatic heterocycles. The van der Waals surface area contributed by atoms with Crippen LogP contribution in [0.3, 0.4) is 0 Å². The summed E-state index contributed by atoms with van der Waals surface area (Å²) in [6.07, 6.45) is 5.00. The van der Waals surface area contributed by atoms with Crippen molar-refractivity contribution in [2.75, 3.05) is 11.4 Å². The van der Waals surface area contributed by atoms with Gasteiger partial charge in [-0.1, -0.05) is 66.9 Å². The maximum absolute atomic E-state index is 6.49. The standard InChI is InChI=1S/C24H26Cl2N2S/c1-3-14-28(23(18-10-7-11-18)17-8-5-4-6-9-17)24-27-22(16(2)29-24)20-13-12-19(25)15-21(20)26/h4-6,8-9,12-13,15,18,23H,3,7,10-11,14H2,1-2H3. The molecule has 152 valence electrons. The fraction of sp³-hybridized carbons (Fsp3) is 0.375. The van der Waals surface area contributed by atoms with Crippen molar-refractivity contribution in [3.63, 3.8) is 0 Å². The predicted octanol–water partition coefficient (Wildman–Crippen LogP) is 8.18. The van der Waals surface area contributed by atoms with E-state index in [1.54, 1.807) is 17.4 Å². The minimum atomic E-state index is 0.379. The summed E-state index contributed by atoms with van der Waals surface area (Å²) >= 11 is 14.4. The minimum Gasteiger partial charge on any atom is -0.341 e. The molecular weight excluding hydrogens is 419 g/mol. The number of nitrogens with zero attached hydrogens (tertiary/aromatic N) is 2. The van der Waals surface area contributed by atoms with Gasteiger partial charge in [0.25, 0.3) is 0 Å². The summed E-state index contributed by atoms with van der Waals surface area (Å²) in [5.74, 6) is 0.690. The van der Waals surface area contributed by atoms with E-state index in [9.17, 15) is 0 Å². The first-order valence-corrected chi connectivity index (χ1v) is 11.9. The van der Waals surface area contributed by atoms with Gasteiger partial charge in [-0.3, -0.25) is 0 Å². The zero-order chi connectivity index (χ0) is 20.4. The molecule has 4 rings (SSSR count). The summed E-state index contributed by atoms with van der Waals surface area (Å²) in [6, 6.07) is 17.0. The van der Waals surface area contributed by atoms with Gasteiger partial charge in [-0.15, -0.1) is 11.3 Å². The Balaban J connectivity index is 1.75. The monoisotopic (exact) mass is 444 g/mol. The third-order valence-electron chi connectivity index (χ3n) is 5.75. The Morgan fingerprint density at radius 1 is 1.14 bits per heavy atom. The molecule has 1 saturated carbocycles. The van der Waals surface area contributed by atoms with Gasteiger partial charge < -0.3 is 4.90 Å². The van der Waals surface area contributed by atoms with Crippen LogP contribution in [0.5, 0.6) is 0 Å². The lowest BCUT2D eigenvalue weighted by atomic mass is 9.76. The lowest BCUT2D eigenvalue weighted by Gasteiger charge is -2.41. The summed E-state index contributed by atoms with van der Waals surface area (Å²) < 4.78 is 0. The van der Waals surface area contributed by atoms with Gasteiger partial charge in [0, 0.05) is 22.0 Å². The molecule has 1 fully saturated rings. The lowest BCUT2D eigenvalue weighted by Crippen LogP contribution is -2.37. The van der Waals surface area contributed by atoms with Crippen LogP contribution in [-0.2, 0) is 0 Å². The van der Waals surface area contributed by atoms with E-state index in [-0.39, 0.29) is 0 Å². The highest BCUT2D eigenvalue weighted by molar-refractivity contribution is 7.16. The van der Waals surface area contributed by atoms with Crippen LogP contribution in [0.25, 0.3) is 11.3 Å². The second-order valence-corrected chi connectivity index (χ2v) is 9.79. The Morgan fingerprint density at radius 2 is 1.90 bits per heavy atom. The molecule has 3 aromatic rings. The minimum absolute atomic E-state index is 0.379. The van der Waals surface area contributed by atoms with Crippen LogP contribution in [0.2, 0.25) is 10.0 Å². The van der Waals surface area contributed by atoms with E-state index in [0.29, 0.717) is 22.0 Å². The number of rotatable bonds is 7. The highest BCUT2D eigenvalue weighted by atomic mass is 35.5. The number of halogens is 2. The Morgan fingerprint density at radius 3 is 2.52 bits per heavy atom. The van der Waals surface area contributed by atoms with Crippen LogP contribution < -0.4 is 4.90 Å². The molecule has 1 aliphatic carbocycles. The normalized spacial score (nSPS) is 15.2. The lowest BCUT2D eigenvalue weighted by molar-refractivity contribution is 0.253. The summed E-state index contributed by atoms with van der Waals surface area (Å²) in [4.78, 5) is 8.81. The molecule has 0 N–H and O–H groups in total. The van der Waals surface area contributed by atoms with Crippen molar-refractivity contribution in [3.05, 3.63) is 69.0 Å². The van der Waals surface area contributed by atoms with Crippen LogP contribution in [0.4, 0.5) is 5.13 Å². The molecule has 2 nitrogen and oxygen atoms in total. The van der Waals surface area contributed by atoms with Crippen molar-refractivity contribution >= 4 is 39.7 Å². The first kappa shape index (κ1) is 20.7. The molecule has 1 heterocycles. The highest BCUT2D eigenvalue weighted by Crippen LogP contribution is 2.45. The van der Waals surface area contributed by atoms with E-state index in [4.69, 9.17) is 28.2 Å². The van der Waals surface area contributed by atoms with Gasteiger partial charge in [0.15, 0.2) is 5.13 Å². The van der Waals surface area contributed by atoms with Crippen LogP contribution in [0.1, 0.15) is 49.1 Å². The third kappa shape index (κ3) is 4.33. The Labute approximate surface area is 187 Å². The van der Waals surface area contributed by atoms with E-state index < -0.39 is 0 Å². The second-order valence-electron chi connectivity index (χ2n) is 7.77. The first-order chi connectivity index (χ1) is 14.1.